The fourth-order valence-corrected chi connectivity index (χ4v) is 3.00. The zero-order valence-corrected chi connectivity index (χ0v) is 14.0. The van der Waals surface area contributed by atoms with Crippen LogP contribution < -0.4 is 5.32 Å². The molecular formula is C19H21N3O2. The van der Waals surface area contributed by atoms with Gasteiger partial charge in [0.05, 0.1) is 0 Å². The number of pyridine rings is 1. The molecule has 2 heterocycles. The molecular weight excluding hydrogens is 302 g/mol. The topological polar surface area (TPSA) is 62.3 Å². The molecule has 24 heavy (non-hydrogen) atoms. The molecule has 0 unspecified atom stereocenters. The van der Waals surface area contributed by atoms with E-state index in [0.29, 0.717) is 5.69 Å². The molecule has 3 rings (SSSR count). The first-order valence-electron chi connectivity index (χ1n) is 8.19. The molecule has 0 atom stereocenters. The van der Waals surface area contributed by atoms with E-state index in [-0.39, 0.29) is 17.5 Å². The molecule has 0 radical (unpaired) electrons. The van der Waals surface area contributed by atoms with Gasteiger partial charge in [-0.15, -0.1) is 0 Å². The van der Waals surface area contributed by atoms with Gasteiger partial charge in [-0.25, -0.2) is 4.98 Å². The summed E-state index contributed by atoms with van der Waals surface area (Å²) in [4.78, 5) is 30.9. The fraction of sp³-hybridized carbons (Fsp3) is 0.316. The molecule has 1 aliphatic rings. The number of carbonyl (C=O) groups is 2. The third-order valence-electron chi connectivity index (χ3n) is 4.07. The number of anilines is 1. The molecule has 1 aromatic heterocycles. The van der Waals surface area contributed by atoms with Gasteiger partial charge >= 0.3 is 0 Å². The fourth-order valence-electron chi connectivity index (χ4n) is 3.00. The second-order valence-electron chi connectivity index (χ2n) is 6.24. The van der Waals surface area contributed by atoms with Crippen LogP contribution in [-0.4, -0.2) is 34.8 Å². The van der Waals surface area contributed by atoms with Crippen LogP contribution in [0.5, 0.6) is 0 Å². The third-order valence-corrected chi connectivity index (χ3v) is 4.07. The van der Waals surface area contributed by atoms with Crippen molar-refractivity contribution in [2.24, 2.45) is 0 Å². The lowest BCUT2D eigenvalue weighted by molar-refractivity contribution is 0.0787. The number of hydrogen-bond acceptors (Lipinski definition) is 3. The standard InChI is InChI=1S/C19H21N3O2/c1-13-10-14(2)12-15(11-13)20-18(23)16-6-5-7-17(21-16)19(24)22-8-3-4-9-22/h5-7,10-12H,3-4,8-9H2,1-2H3,(H,20,23). The van der Waals surface area contributed by atoms with E-state index in [0.717, 1.165) is 42.7 Å². The highest BCUT2D eigenvalue weighted by atomic mass is 16.2. The Balaban J connectivity index is 1.77. The predicted molar refractivity (Wildman–Crippen MR) is 93.2 cm³/mol. The summed E-state index contributed by atoms with van der Waals surface area (Å²) in [6, 6.07) is 10.8. The minimum absolute atomic E-state index is 0.103. The van der Waals surface area contributed by atoms with Crippen molar-refractivity contribution in [3.8, 4) is 0 Å². The van der Waals surface area contributed by atoms with Crippen LogP contribution in [0.25, 0.3) is 0 Å². The average Bonchev–Trinajstić information content (AvgIpc) is 3.07. The maximum atomic E-state index is 12.4. The first-order chi connectivity index (χ1) is 11.5. The Labute approximate surface area is 141 Å². The average molecular weight is 323 g/mol. The number of likely N-dealkylation sites (tertiary alicyclic amines) is 1. The van der Waals surface area contributed by atoms with Gasteiger partial charge in [-0.1, -0.05) is 12.1 Å². The van der Waals surface area contributed by atoms with Gasteiger partial charge < -0.3 is 10.2 Å². The second kappa shape index (κ2) is 6.83. The predicted octanol–water partition coefficient (Wildman–Crippen LogP) is 3.19. The molecule has 124 valence electrons. The summed E-state index contributed by atoms with van der Waals surface area (Å²) in [5.41, 5.74) is 3.46. The zero-order valence-electron chi connectivity index (χ0n) is 14.0. The number of aromatic nitrogens is 1. The number of nitrogens with zero attached hydrogens (tertiary/aromatic N) is 2. The first kappa shape index (κ1) is 16.2. The van der Waals surface area contributed by atoms with Crippen molar-refractivity contribution in [3.63, 3.8) is 0 Å². The molecule has 0 bridgehead atoms. The number of hydrogen-bond donors (Lipinski definition) is 1. The van der Waals surface area contributed by atoms with E-state index in [4.69, 9.17) is 0 Å². The highest BCUT2D eigenvalue weighted by Gasteiger charge is 2.21. The van der Waals surface area contributed by atoms with E-state index in [9.17, 15) is 9.59 Å². The molecule has 0 aliphatic carbocycles. The van der Waals surface area contributed by atoms with E-state index >= 15 is 0 Å². The van der Waals surface area contributed by atoms with Crippen molar-refractivity contribution in [2.75, 3.05) is 18.4 Å². The van der Waals surface area contributed by atoms with Gasteiger partial charge in [-0.2, -0.15) is 0 Å². The SMILES string of the molecule is Cc1cc(C)cc(NC(=O)c2cccc(C(=O)N3CCCC3)n2)c1. The number of amides is 2. The van der Waals surface area contributed by atoms with Crippen LogP contribution in [0.4, 0.5) is 5.69 Å². The highest BCUT2D eigenvalue weighted by molar-refractivity contribution is 6.04. The maximum Gasteiger partial charge on any atom is 0.274 e. The lowest BCUT2D eigenvalue weighted by atomic mass is 10.1. The van der Waals surface area contributed by atoms with E-state index < -0.39 is 0 Å². The van der Waals surface area contributed by atoms with Gasteiger partial charge in [0, 0.05) is 18.8 Å². The Morgan fingerprint density at radius 2 is 1.62 bits per heavy atom. The van der Waals surface area contributed by atoms with Crippen molar-refractivity contribution in [2.45, 2.75) is 26.7 Å². The summed E-state index contributed by atoms with van der Waals surface area (Å²) in [7, 11) is 0. The summed E-state index contributed by atoms with van der Waals surface area (Å²) in [5, 5.41) is 2.85. The van der Waals surface area contributed by atoms with Gasteiger partial charge in [0.1, 0.15) is 11.4 Å². The Morgan fingerprint density at radius 1 is 1.00 bits per heavy atom. The van der Waals surface area contributed by atoms with Crippen molar-refractivity contribution in [1.82, 2.24) is 9.88 Å². The van der Waals surface area contributed by atoms with E-state index in [2.05, 4.69) is 10.3 Å². The van der Waals surface area contributed by atoms with Crippen LogP contribution >= 0.6 is 0 Å². The number of rotatable bonds is 3. The third kappa shape index (κ3) is 3.62. The summed E-state index contributed by atoms with van der Waals surface area (Å²) < 4.78 is 0. The molecule has 5 nitrogen and oxygen atoms in total. The molecule has 1 fully saturated rings. The van der Waals surface area contributed by atoms with Crippen molar-refractivity contribution < 1.29 is 9.59 Å². The van der Waals surface area contributed by atoms with Crippen molar-refractivity contribution in [3.05, 3.63) is 58.9 Å². The Bertz CT molecular complexity index is 760. The molecule has 1 aromatic carbocycles. The molecule has 0 saturated carbocycles. The lowest BCUT2D eigenvalue weighted by Gasteiger charge is -2.14. The molecule has 2 amide bonds. The lowest BCUT2D eigenvalue weighted by Crippen LogP contribution is -2.29. The van der Waals surface area contributed by atoms with Gasteiger partial charge in [0.15, 0.2) is 0 Å². The minimum atomic E-state index is -0.309. The number of nitrogens with one attached hydrogen (secondary N) is 1. The highest BCUT2D eigenvalue weighted by Crippen LogP contribution is 2.15. The molecule has 2 aromatic rings. The summed E-state index contributed by atoms with van der Waals surface area (Å²) in [5.74, 6) is -0.412. The first-order valence-corrected chi connectivity index (χ1v) is 8.19. The minimum Gasteiger partial charge on any atom is -0.337 e. The van der Waals surface area contributed by atoms with Crippen LogP contribution in [0.15, 0.2) is 36.4 Å². The second-order valence-corrected chi connectivity index (χ2v) is 6.24. The summed E-state index contributed by atoms with van der Waals surface area (Å²) >= 11 is 0. The van der Waals surface area contributed by atoms with E-state index in [1.807, 2.05) is 32.0 Å². The van der Waals surface area contributed by atoms with Crippen LogP contribution in [0.2, 0.25) is 0 Å². The quantitative estimate of drug-likeness (QED) is 0.943. The Kier molecular flexibility index (Phi) is 4.60. The zero-order chi connectivity index (χ0) is 17.1. The van der Waals surface area contributed by atoms with Gasteiger partial charge in [0.25, 0.3) is 11.8 Å². The Morgan fingerprint density at radius 3 is 2.29 bits per heavy atom. The van der Waals surface area contributed by atoms with Gasteiger partial charge in [-0.3, -0.25) is 9.59 Å². The van der Waals surface area contributed by atoms with Crippen molar-refractivity contribution in [1.29, 1.82) is 0 Å². The Hall–Kier alpha value is -2.69. The number of benzene rings is 1. The van der Waals surface area contributed by atoms with E-state index in [1.54, 1.807) is 23.1 Å². The molecule has 0 spiro atoms. The smallest absolute Gasteiger partial charge is 0.274 e. The van der Waals surface area contributed by atoms with Crippen LogP contribution in [0.3, 0.4) is 0 Å². The van der Waals surface area contributed by atoms with Crippen LogP contribution in [0.1, 0.15) is 44.9 Å². The largest absolute Gasteiger partial charge is 0.337 e. The maximum absolute atomic E-state index is 12.4. The van der Waals surface area contributed by atoms with Crippen LogP contribution in [-0.2, 0) is 0 Å². The van der Waals surface area contributed by atoms with Crippen molar-refractivity contribution >= 4 is 17.5 Å². The normalized spacial score (nSPS) is 13.8. The number of aryl methyl sites for hydroxylation is 2. The molecule has 1 saturated heterocycles. The monoisotopic (exact) mass is 323 g/mol. The molecule has 5 heteroatoms. The van der Waals surface area contributed by atoms with E-state index in [1.165, 1.54) is 0 Å². The number of carbonyl (C=O) groups excluding carboxylic acids is 2. The van der Waals surface area contributed by atoms with Crippen LogP contribution in [0, 0.1) is 13.8 Å². The summed E-state index contributed by atoms with van der Waals surface area (Å²) in [6.07, 6.45) is 2.05. The molecule has 1 aliphatic heterocycles. The van der Waals surface area contributed by atoms with Gasteiger partial charge in [-0.05, 0) is 62.1 Å². The van der Waals surface area contributed by atoms with Gasteiger partial charge in [0.2, 0.25) is 0 Å². The molecule has 1 N–H and O–H groups in total. The summed E-state index contributed by atoms with van der Waals surface area (Å²) in [6.45, 7) is 5.49.